The van der Waals surface area contributed by atoms with E-state index in [2.05, 4.69) is 82.8 Å². The van der Waals surface area contributed by atoms with Crippen molar-refractivity contribution in [1.82, 2.24) is 29.7 Å². The van der Waals surface area contributed by atoms with E-state index in [-0.39, 0.29) is 36.4 Å². The van der Waals surface area contributed by atoms with Crippen LogP contribution in [-0.2, 0) is 35.2 Å². The maximum absolute atomic E-state index is 13.7. The number of amides is 2. The first kappa shape index (κ1) is 43.0. The zero-order valence-corrected chi connectivity index (χ0v) is 39.7. The predicted octanol–water partition coefficient (Wildman–Crippen LogP) is 13.1. The Morgan fingerprint density at radius 1 is 0.545 bits per heavy atom. The van der Waals surface area contributed by atoms with Gasteiger partial charge in [-0.3, -0.25) is 9.80 Å². The summed E-state index contributed by atoms with van der Waals surface area (Å²) in [6.45, 7) is 11.7. The third kappa shape index (κ3) is 8.27. The summed E-state index contributed by atoms with van der Waals surface area (Å²) in [6.07, 6.45) is 14.1. The highest BCUT2D eigenvalue weighted by molar-refractivity contribution is 5.85. The maximum atomic E-state index is 13.7. The van der Waals surface area contributed by atoms with Crippen LogP contribution in [0.25, 0.3) is 44.3 Å². The average molecular weight is 887 g/mol. The minimum atomic E-state index is -0.557. The summed E-state index contributed by atoms with van der Waals surface area (Å²) in [5.41, 5.74) is 13.0. The second-order valence-electron chi connectivity index (χ2n) is 22.2. The van der Waals surface area contributed by atoms with Crippen molar-refractivity contribution in [3.05, 3.63) is 107 Å². The number of likely N-dealkylation sites (tertiary alicyclic amines) is 2. The Labute approximate surface area is 389 Å². The molecule has 2 amide bonds. The van der Waals surface area contributed by atoms with Gasteiger partial charge in [-0.05, 0) is 186 Å². The van der Waals surface area contributed by atoms with Gasteiger partial charge in [0.25, 0.3) is 0 Å². The highest BCUT2D eigenvalue weighted by Gasteiger charge is 2.49. The molecule has 6 aliphatic carbocycles. The predicted molar refractivity (Wildman–Crippen MR) is 260 cm³/mol. The Bertz CT molecular complexity index is 2630. The molecule has 0 spiro atoms. The van der Waals surface area contributed by atoms with E-state index < -0.39 is 11.2 Å². The molecule has 4 heterocycles. The molecule has 8 aliphatic rings. The number of carbonyl (C=O) groups excluding carboxylic acids is 2. The molecule has 10 nitrogen and oxygen atoms in total. The fourth-order valence-electron chi connectivity index (χ4n) is 12.4. The van der Waals surface area contributed by atoms with Crippen LogP contribution >= 0.6 is 0 Å². The van der Waals surface area contributed by atoms with Gasteiger partial charge in [0.15, 0.2) is 0 Å². The van der Waals surface area contributed by atoms with Crippen molar-refractivity contribution < 1.29 is 19.1 Å². The summed E-state index contributed by atoms with van der Waals surface area (Å²) in [4.78, 5) is 49.2. The lowest BCUT2D eigenvalue weighted by molar-refractivity contribution is 0.00853. The van der Waals surface area contributed by atoms with Crippen molar-refractivity contribution in [1.29, 1.82) is 0 Å². The van der Waals surface area contributed by atoms with Crippen molar-refractivity contribution >= 4 is 34.3 Å². The largest absolute Gasteiger partial charge is 0.444 e. The van der Waals surface area contributed by atoms with Gasteiger partial charge in [-0.1, -0.05) is 74.2 Å². The molecule has 10 heteroatoms. The summed E-state index contributed by atoms with van der Waals surface area (Å²) < 4.78 is 12.0. The number of aryl methyl sites for hydroxylation is 4. The van der Waals surface area contributed by atoms with Crippen LogP contribution in [-0.4, -0.2) is 65.2 Å². The van der Waals surface area contributed by atoms with Crippen molar-refractivity contribution in [2.45, 2.75) is 167 Å². The number of rotatable bonds is 4. The van der Waals surface area contributed by atoms with E-state index in [0.29, 0.717) is 11.8 Å². The average Bonchev–Trinajstić information content (AvgIpc) is 4.07. The molecule has 4 aromatic carbocycles. The third-order valence-electron chi connectivity index (χ3n) is 15.4. The number of benzene rings is 4. The van der Waals surface area contributed by atoms with Crippen LogP contribution in [0.4, 0.5) is 9.59 Å². The normalized spacial score (nSPS) is 24.3. The van der Waals surface area contributed by atoms with Gasteiger partial charge in [0.05, 0.1) is 34.2 Å². The number of fused-ring (bicyclic) bond motifs is 4. The van der Waals surface area contributed by atoms with Gasteiger partial charge in [-0.25, -0.2) is 19.6 Å². The molecule has 2 aromatic heterocycles. The summed E-state index contributed by atoms with van der Waals surface area (Å²) in [6, 6.07) is 27.5. The lowest BCUT2D eigenvalue weighted by atomic mass is 9.85. The van der Waals surface area contributed by atoms with Crippen LogP contribution in [0.1, 0.15) is 152 Å². The fraction of sp³-hybridized carbons (Fsp3) is 0.500. The van der Waals surface area contributed by atoms with Gasteiger partial charge >= 0.3 is 12.2 Å². The molecular formula is C56H66N6O4. The first-order valence-electron chi connectivity index (χ1n) is 25.0. The quantitative estimate of drug-likeness (QED) is 0.182. The van der Waals surface area contributed by atoms with Crippen LogP contribution < -0.4 is 0 Å². The van der Waals surface area contributed by atoms with Crippen LogP contribution in [0.2, 0.25) is 0 Å². The van der Waals surface area contributed by atoms with Gasteiger partial charge in [0, 0.05) is 12.1 Å². The molecule has 66 heavy (non-hydrogen) atoms. The maximum Gasteiger partial charge on any atom is 0.411 e. The van der Waals surface area contributed by atoms with E-state index in [1.165, 1.54) is 57.3 Å². The second kappa shape index (κ2) is 16.6. The standard InChI is InChI=1S/C56H66N6O4/c1-55(2,3)65-53(63)61-47-13-9-7-11-39(47)31-49(61)51-57-43-25-23-37(29-45(43)59-51)41-27-33-15-19-35(41)21-17-34-16-20-36(22-18-33)42(28-34)38-24-26-44-46(30-38)60-52(58-44)50-32-40-12-8-10-14-48(40)62(50)54(64)66-56(4,5)6/h15-16,19-20,23-30,39-40,47-50H,7-14,17-18,21-22,31-32H2,1-6H3,(H,57,59)(H,58,60)/t39-,40-,47-,48-,49-,50-/m0/s1. The topological polar surface area (TPSA) is 116 Å². The minimum Gasteiger partial charge on any atom is -0.444 e. The Kier molecular flexibility index (Phi) is 10.8. The molecule has 0 radical (unpaired) electrons. The summed E-state index contributed by atoms with van der Waals surface area (Å²) >= 11 is 0. The van der Waals surface area contributed by atoms with E-state index in [1.807, 2.05) is 51.3 Å². The number of hydrogen-bond acceptors (Lipinski definition) is 6. The number of aromatic nitrogens is 4. The van der Waals surface area contributed by atoms with Gasteiger partial charge < -0.3 is 19.4 Å². The summed E-state index contributed by atoms with van der Waals surface area (Å²) in [5.74, 6) is 2.67. The van der Waals surface area contributed by atoms with E-state index >= 15 is 0 Å². The van der Waals surface area contributed by atoms with Gasteiger partial charge in [0.1, 0.15) is 22.9 Å². The number of aromatic amines is 2. The van der Waals surface area contributed by atoms with E-state index in [4.69, 9.17) is 19.4 Å². The van der Waals surface area contributed by atoms with Crippen LogP contribution in [0.5, 0.6) is 0 Å². The molecule has 6 aromatic rings. The van der Waals surface area contributed by atoms with Crippen LogP contribution in [0, 0.1) is 11.8 Å². The number of H-pyrrole nitrogens is 2. The zero-order chi connectivity index (χ0) is 45.5. The molecule has 2 N–H and O–H groups in total. The Morgan fingerprint density at radius 3 is 1.39 bits per heavy atom. The van der Waals surface area contributed by atoms with E-state index in [1.54, 1.807) is 0 Å². The molecule has 4 bridgehead atoms. The smallest absolute Gasteiger partial charge is 0.411 e. The van der Waals surface area contributed by atoms with E-state index in [0.717, 1.165) is 111 Å². The monoisotopic (exact) mass is 887 g/mol. The van der Waals surface area contributed by atoms with E-state index in [9.17, 15) is 9.59 Å². The fourth-order valence-corrected chi connectivity index (χ4v) is 12.4. The summed E-state index contributed by atoms with van der Waals surface area (Å²) in [5, 5.41) is 0. The van der Waals surface area contributed by atoms with Crippen molar-refractivity contribution in [3.63, 3.8) is 0 Å². The molecule has 2 aliphatic heterocycles. The van der Waals surface area contributed by atoms with Crippen molar-refractivity contribution in [3.8, 4) is 22.3 Å². The highest BCUT2D eigenvalue weighted by atomic mass is 16.6. The third-order valence-corrected chi connectivity index (χ3v) is 15.4. The van der Waals surface area contributed by atoms with Gasteiger partial charge in [-0.2, -0.15) is 0 Å². The second-order valence-corrected chi connectivity index (χ2v) is 22.2. The van der Waals surface area contributed by atoms with Gasteiger partial charge in [0.2, 0.25) is 0 Å². The van der Waals surface area contributed by atoms with Crippen molar-refractivity contribution in [2.24, 2.45) is 11.8 Å². The Hall–Kier alpha value is -5.64. The number of imidazole rings is 2. The molecule has 344 valence electrons. The Morgan fingerprint density at radius 2 is 0.970 bits per heavy atom. The number of ether oxygens (including phenoxy) is 2. The zero-order valence-electron chi connectivity index (χ0n) is 39.7. The van der Waals surface area contributed by atoms with Crippen LogP contribution in [0.3, 0.4) is 0 Å². The lowest BCUT2D eigenvalue weighted by Gasteiger charge is -2.34. The van der Waals surface area contributed by atoms with Crippen LogP contribution in [0.15, 0.2) is 72.8 Å². The molecule has 2 saturated carbocycles. The number of carbonyl (C=O) groups is 2. The van der Waals surface area contributed by atoms with Gasteiger partial charge in [-0.15, -0.1) is 0 Å². The van der Waals surface area contributed by atoms with Crippen molar-refractivity contribution in [2.75, 3.05) is 0 Å². The SMILES string of the molecule is CC(C)(C)OC(=O)N1[C@H](c2nc3ccc(-c4cc5ccc4CCc4ccc(c(-c6ccc7nc([C@@H]8C[C@@H]9CCCC[C@@H]9N8C(=O)OC(C)(C)C)[nH]c7c6)c4)CC5)cc3[nH]2)C[C@@H]2CCCC[C@@H]21. The molecule has 4 fully saturated rings. The molecule has 6 atom stereocenters. The minimum absolute atomic E-state index is 0.124. The Balaban J connectivity index is 0.854. The number of nitrogens with zero attached hydrogens (tertiary/aromatic N) is 4. The molecule has 14 rings (SSSR count). The molecular weight excluding hydrogens is 821 g/mol. The molecule has 0 unspecified atom stereocenters. The highest BCUT2D eigenvalue weighted by Crippen LogP contribution is 2.48. The number of nitrogens with one attached hydrogen (secondary N) is 2. The lowest BCUT2D eigenvalue weighted by Crippen LogP contribution is -2.43. The first-order valence-corrected chi connectivity index (χ1v) is 25.0. The molecule has 2 saturated heterocycles. The number of hydrogen-bond donors (Lipinski definition) is 2. The summed E-state index contributed by atoms with van der Waals surface area (Å²) in [7, 11) is 0. The first-order chi connectivity index (χ1) is 31.7.